The largest absolute Gasteiger partial charge is 0.325 e. The number of carbonyl (C=O) groups is 1. The Balaban J connectivity index is 1.73. The predicted octanol–water partition coefficient (Wildman–Crippen LogP) is 2.11. The molecule has 3 heterocycles. The van der Waals surface area contributed by atoms with Gasteiger partial charge < -0.3 is 5.32 Å². The Labute approximate surface area is 158 Å². The molecule has 0 aliphatic carbocycles. The van der Waals surface area contributed by atoms with Crippen molar-refractivity contribution in [2.75, 3.05) is 11.6 Å². The van der Waals surface area contributed by atoms with Crippen molar-refractivity contribution in [3.63, 3.8) is 0 Å². The van der Waals surface area contributed by atoms with Crippen LogP contribution in [0.5, 0.6) is 0 Å². The van der Waals surface area contributed by atoms with Crippen LogP contribution in [-0.4, -0.2) is 36.3 Å². The van der Waals surface area contributed by atoms with E-state index in [0.717, 1.165) is 4.90 Å². The minimum absolute atomic E-state index is 0.145. The molecule has 1 amide bonds. The average Bonchev–Trinajstić information content (AvgIpc) is 3.08. The zero-order valence-electron chi connectivity index (χ0n) is 14.7. The fourth-order valence-corrected chi connectivity index (χ4v) is 3.34. The zero-order valence-corrected chi connectivity index (χ0v) is 15.5. The standard InChI is InChI=1S/C18H16N6O2S/c1-11-21-22-17-18(26)23(14-4-3-9-19-16(14)24(11)17)10-15(25)20-12-5-7-13(27-2)8-6-12/h3-9H,10H2,1-2H3,(H,20,25). The topological polar surface area (TPSA) is 94.2 Å². The molecule has 0 atom stereocenters. The third-order valence-corrected chi connectivity index (χ3v) is 4.95. The molecule has 9 heteroatoms. The molecular weight excluding hydrogens is 364 g/mol. The van der Waals surface area contributed by atoms with Crippen molar-refractivity contribution in [3.8, 4) is 0 Å². The van der Waals surface area contributed by atoms with Gasteiger partial charge in [0.1, 0.15) is 12.4 Å². The first-order chi connectivity index (χ1) is 13.1. The molecule has 0 fully saturated rings. The van der Waals surface area contributed by atoms with Crippen LogP contribution in [0.3, 0.4) is 0 Å². The third-order valence-electron chi connectivity index (χ3n) is 4.21. The molecule has 136 valence electrons. The molecule has 0 aliphatic rings. The summed E-state index contributed by atoms with van der Waals surface area (Å²) in [5, 5.41) is 10.7. The van der Waals surface area contributed by atoms with Crippen molar-refractivity contribution in [1.29, 1.82) is 0 Å². The van der Waals surface area contributed by atoms with E-state index in [1.165, 1.54) is 4.57 Å². The van der Waals surface area contributed by atoms with Crippen LogP contribution in [0.2, 0.25) is 0 Å². The number of hydrogen-bond donors (Lipinski definition) is 1. The number of thioether (sulfide) groups is 1. The third kappa shape index (κ3) is 3.06. The number of hydrogen-bond acceptors (Lipinski definition) is 6. The molecule has 27 heavy (non-hydrogen) atoms. The maximum Gasteiger partial charge on any atom is 0.297 e. The summed E-state index contributed by atoms with van der Waals surface area (Å²) in [6, 6.07) is 11.0. The van der Waals surface area contributed by atoms with Gasteiger partial charge in [0.2, 0.25) is 11.6 Å². The highest BCUT2D eigenvalue weighted by atomic mass is 32.2. The Morgan fingerprint density at radius 3 is 2.67 bits per heavy atom. The smallest absolute Gasteiger partial charge is 0.297 e. The van der Waals surface area contributed by atoms with Crippen LogP contribution in [0.25, 0.3) is 16.8 Å². The lowest BCUT2D eigenvalue weighted by molar-refractivity contribution is -0.116. The molecule has 4 rings (SSSR count). The first kappa shape index (κ1) is 17.2. The number of rotatable bonds is 4. The summed E-state index contributed by atoms with van der Waals surface area (Å²) < 4.78 is 2.98. The molecule has 0 bridgehead atoms. The highest BCUT2D eigenvalue weighted by Crippen LogP contribution is 2.18. The van der Waals surface area contributed by atoms with Crippen LogP contribution in [0, 0.1) is 6.92 Å². The van der Waals surface area contributed by atoms with E-state index in [-0.39, 0.29) is 23.7 Å². The van der Waals surface area contributed by atoms with Crippen LogP contribution in [0.4, 0.5) is 5.69 Å². The van der Waals surface area contributed by atoms with Crippen LogP contribution < -0.4 is 10.9 Å². The van der Waals surface area contributed by atoms with Crippen molar-refractivity contribution < 1.29 is 4.79 Å². The lowest BCUT2D eigenvalue weighted by atomic mass is 10.3. The van der Waals surface area contributed by atoms with E-state index in [1.54, 1.807) is 41.4 Å². The van der Waals surface area contributed by atoms with Gasteiger partial charge in [0, 0.05) is 16.8 Å². The second kappa shape index (κ2) is 6.84. The van der Waals surface area contributed by atoms with Crippen LogP contribution in [0.1, 0.15) is 5.82 Å². The molecule has 0 unspecified atom stereocenters. The van der Waals surface area contributed by atoms with Gasteiger partial charge in [-0.25, -0.2) is 4.98 Å². The quantitative estimate of drug-likeness (QED) is 0.545. The second-order valence-electron chi connectivity index (χ2n) is 5.92. The predicted molar refractivity (Wildman–Crippen MR) is 104 cm³/mol. The number of amides is 1. The second-order valence-corrected chi connectivity index (χ2v) is 6.80. The number of benzene rings is 1. The van der Waals surface area contributed by atoms with E-state index in [9.17, 15) is 9.59 Å². The van der Waals surface area contributed by atoms with Crippen molar-refractivity contribution in [3.05, 3.63) is 58.8 Å². The number of pyridine rings is 1. The average molecular weight is 380 g/mol. The summed E-state index contributed by atoms with van der Waals surface area (Å²) >= 11 is 1.63. The van der Waals surface area contributed by atoms with Gasteiger partial charge in [-0.3, -0.25) is 18.6 Å². The van der Waals surface area contributed by atoms with Gasteiger partial charge >= 0.3 is 0 Å². The Morgan fingerprint density at radius 2 is 1.93 bits per heavy atom. The summed E-state index contributed by atoms with van der Waals surface area (Å²) in [5.74, 6) is 0.260. The van der Waals surface area contributed by atoms with Gasteiger partial charge in [-0.2, -0.15) is 0 Å². The number of anilines is 1. The number of aryl methyl sites for hydroxylation is 1. The van der Waals surface area contributed by atoms with Crippen molar-refractivity contribution in [1.82, 2.24) is 24.1 Å². The maximum atomic E-state index is 12.9. The van der Waals surface area contributed by atoms with E-state index in [2.05, 4.69) is 20.5 Å². The highest BCUT2D eigenvalue weighted by Gasteiger charge is 2.17. The SMILES string of the molecule is CSc1ccc(NC(=O)Cn2c(=O)c3nnc(C)n3c3ncccc32)cc1. The molecule has 0 radical (unpaired) electrons. The van der Waals surface area contributed by atoms with Gasteiger partial charge in [-0.1, -0.05) is 0 Å². The summed E-state index contributed by atoms with van der Waals surface area (Å²) in [5.41, 5.74) is 1.52. The van der Waals surface area contributed by atoms with Gasteiger partial charge in [-0.15, -0.1) is 22.0 Å². The van der Waals surface area contributed by atoms with Crippen molar-refractivity contribution in [2.45, 2.75) is 18.4 Å². The Kier molecular flexibility index (Phi) is 4.36. The summed E-state index contributed by atoms with van der Waals surface area (Å²) in [6.45, 7) is 1.61. The first-order valence-corrected chi connectivity index (χ1v) is 9.44. The maximum absolute atomic E-state index is 12.9. The van der Waals surface area contributed by atoms with E-state index < -0.39 is 0 Å². The van der Waals surface area contributed by atoms with E-state index in [4.69, 9.17) is 0 Å². The molecule has 0 saturated carbocycles. The molecule has 0 aliphatic heterocycles. The Hall–Kier alpha value is -3.20. The van der Waals surface area contributed by atoms with Gasteiger partial charge in [0.15, 0.2) is 5.65 Å². The summed E-state index contributed by atoms with van der Waals surface area (Å²) in [4.78, 5) is 30.8. The van der Waals surface area contributed by atoms with E-state index in [0.29, 0.717) is 22.7 Å². The molecule has 8 nitrogen and oxygen atoms in total. The lowest BCUT2D eigenvalue weighted by Gasteiger charge is -2.12. The minimum atomic E-state index is -0.385. The molecular formula is C18H16N6O2S. The molecule has 3 aromatic heterocycles. The molecule has 0 saturated heterocycles. The fourth-order valence-electron chi connectivity index (χ4n) is 2.93. The number of carbonyl (C=O) groups excluding carboxylic acids is 1. The number of fused-ring (bicyclic) bond motifs is 3. The number of nitrogens with zero attached hydrogens (tertiary/aromatic N) is 5. The van der Waals surface area contributed by atoms with E-state index >= 15 is 0 Å². The zero-order chi connectivity index (χ0) is 19.0. The minimum Gasteiger partial charge on any atom is -0.325 e. The molecule has 1 aromatic carbocycles. The molecule has 0 spiro atoms. The Bertz CT molecular complexity index is 1210. The number of aromatic nitrogens is 5. The van der Waals surface area contributed by atoms with Crippen LogP contribution >= 0.6 is 11.8 Å². The van der Waals surface area contributed by atoms with Crippen LogP contribution in [0.15, 0.2) is 52.3 Å². The van der Waals surface area contributed by atoms with Gasteiger partial charge in [0.25, 0.3) is 5.56 Å². The summed E-state index contributed by atoms with van der Waals surface area (Å²) in [7, 11) is 0. The van der Waals surface area contributed by atoms with Gasteiger partial charge in [0.05, 0.1) is 5.52 Å². The highest BCUT2D eigenvalue weighted by molar-refractivity contribution is 7.98. The first-order valence-electron chi connectivity index (χ1n) is 8.21. The van der Waals surface area contributed by atoms with Crippen LogP contribution in [-0.2, 0) is 11.3 Å². The number of nitrogens with one attached hydrogen (secondary N) is 1. The van der Waals surface area contributed by atoms with Crippen molar-refractivity contribution in [2.24, 2.45) is 0 Å². The lowest BCUT2D eigenvalue weighted by Crippen LogP contribution is -2.29. The normalized spacial score (nSPS) is 11.2. The van der Waals surface area contributed by atoms with E-state index in [1.807, 2.05) is 30.5 Å². The van der Waals surface area contributed by atoms with Gasteiger partial charge in [-0.05, 0) is 49.6 Å². The fraction of sp³-hybridized carbons (Fsp3) is 0.167. The van der Waals surface area contributed by atoms with Crippen molar-refractivity contribution >= 4 is 40.2 Å². The Morgan fingerprint density at radius 1 is 1.15 bits per heavy atom. The molecule has 4 aromatic rings. The monoisotopic (exact) mass is 380 g/mol. The molecule has 1 N–H and O–H groups in total. The summed E-state index contributed by atoms with van der Waals surface area (Å²) in [6.07, 6.45) is 3.62.